The third kappa shape index (κ3) is 5.23. The molecule has 0 aliphatic carbocycles. The molecule has 2 amide bonds. The first-order valence-electron chi connectivity index (χ1n) is 6.91. The normalized spacial score (nSPS) is 24.6. The van der Waals surface area contributed by atoms with E-state index in [9.17, 15) is 4.79 Å². The van der Waals surface area contributed by atoms with Gasteiger partial charge in [-0.2, -0.15) is 0 Å². The number of nitrogens with two attached hydrogens (primary N) is 1. The van der Waals surface area contributed by atoms with Crippen LogP contribution in [0.25, 0.3) is 0 Å². The summed E-state index contributed by atoms with van der Waals surface area (Å²) in [6.07, 6.45) is 2.82. The third-order valence-electron chi connectivity index (χ3n) is 3.43. The van der Waals surface area contributed by atoms with E-state index >= 15 is 0 Å². The second kappa shape index (κ2) is 7.59. The maximum Gasteiger partial charge on any atom is 0.314 e. The average molecular weight is 257 g/mol. The lowest BCUT2D eigenvalue weighted by molar-refractivity contribution is 0.143. The van der Waals surface area contributed by atoms with Gasteiger partial charge in [-0.1, -0.05) is 13.8 Å². The van der Waals surface area contributed by atoms with Crippen LogP contribution in [-0.4, -0.2) is 48.3 Å². The molecular weight excluding hydrogens is 230 g/mol. The molecule has 0 aromatic heterocycles. The van der Waals surface area contributed by atoms with Gasteiger partial charge in [-0.15, -0.1) is 0 Å². The number of hydrogen-bond donors (Lipinski definition) is 3. The van der Waals surface area contributed by atoms with Crippen LogP contribution in [0, 0.1) is 11.8 Å². The predicted octanol–water partition coefficient (Wildman–Crippen LogP) is 0.774. The van der Waals surface area contributed by atoms with Gasteiger partial charge in [-0.25, -0.2) is 4.79 Å². The molecule has 2 unspecified atom stereocenters. The van der Waals surface area contributed by atoms with E-state index in [1.807, 2.05) is 0 Å². The Labute approximate surface area is 110 Å². The van der Waals surface area contributed by atoms with Crippen LogP contribution in [0.1, 0.15) is 33.1 Å². The summed E-state index contributed by atoms with van der Waals surface area (Å²) in [5, 5.41) is 12.4. The van der Waals surface area contributed by atoms with E-state index in [1.54, 1.807) is 4.90 Å². The summed E-state index contributed by atoms with van der Waals surface area (Å²) in [4.78, 5) is 13.1. The number of urea groups is 1. The van der Waals surface area contributed by atoms with Gasteiger partial charge >= 0.3 is 6.03 Å². The van der Waals surface area contributed by atoms with Crippen molar-refractivity contribution in [3.63, 3.8) is 0 Å². The number of hydrogen-bond acceptors (Lipinski definition) is 3. The fraction of sp³-hybridized carbons (Fsp3) is 0.923. The second-order valence-electron chi connectivity index (χ2n) is 5.71. The number of primary amides is 1. The van der Waals surface area contributed by atoms with E-state index < -0.39 is 0 Å². The van der Waals surface area contributed by atoms with Crippen LogP contribution in [0.15, 0.2) is 0 Å². The molecule has 0 radical (unpaired) electrons. The van der Waals surface area contributed by atoms with E-state index in [-0.39, 0.29) is 12.6 Å². The van der Waals surface area contributed by atoms with Gasteiger partial charge in [0.25, 0.3) is 0 Å². The number of piperidine rings is 1. The molecule has 1 aliphatic rings. The first-order valence-corrected chi connectivity index (χ1v) is 6.91. The molecule has 2 atom stereocenters. The van der Waals surface area contributed by atoms with Crippen molar-refractivity contribution in [1.82, 2.24) is 10.2 Å². The highest BCUT2D eigenvalue weighted by atomic mass is 16.2. The minimum absolute atomic E-state index is 0.219. The van der Waals surface area contributed by atoms with E-state index in [4.69, 9.17) is 10.8 Å². The standard InChI is InChI=1S/C13H27N3O2/c1-10(2)7-15-12-6-11(4-3-5-17)8-16(9-12)13(14)18/h10-12,15,17H,3-9H2,1-2H3,(H2,14,18). The summed E-state index contributed by atoms with van der Waals surface area (Å²) in [7, 11) is 0. The number of carbonyl (C=O) groups is 1. The van der Waals surface area contributed by atoms with E-state index in [1.165, 1.54) is 0 Å². The second-order valence-corrected chi connectivity index (χ2v) is 5.71. The molecule has 0 aromatic rings. The number of amides is 2. The summed E-state index contributed by atoms with van der Waals surface area (Å²) >= 11 is 0. The number of nitrogens with zero attached hydrogens (tertiary/aromatic N) is 1. The fourth-order valence-corrected chi connectivity index (χ4v) is 2.52. The van der Waals surface area contributed by atoms with Crippen LogP contribution < -0.4 is 11.1 Å². The third-order valence-corrected chi connectivity index (χ3v) is 3.43. The molecule has 1 fully saturated rings. The molecule has 4 N–H and O–H groups in total. The van der Waals surface area contributed by atoms with Gasteiger partial charge in [0.2, 0.25) is 0 Å². The first-order chi connectivity index (χ1) is 8.52. The van der Waals surface area contributed by atoms with Gasteiger partial charge in [0.1, 0.15) is 0 Å². The lowest BCUT2D eigenvalue weighted by atomic mass is 9.90. The lowest BCUT2D eigenvalue weighted by Crippen LogP contribution is -2.53. The zero-order chi connectivity index (χ0) is 13.5. The summed E-state index contributed by atoms with van der Waals surface area (Å²) in [6.45, 7) is 6.96. The fourth-order valence-electron chi connectivity index (χ4n) is 2.52. The van der Waals surface area contributed by atoms with E-state index in [2.05, 4.69) is 19.2 Å². The Hall–Kier alpha value is -0.810. The summed E-state index contributed by atoms with van der Waals surface area (Å²) < 4.78 is 0. The van der Waals surface area contributed by atoms with Gasteiger partial charge in [-0.05, 0) is 37.6 Å². The van der Waals surface area contributed by atoms with Crippen LogP contribution in [0.5, 0.6) is 0 Å². The average Bonchev–Trinajstić information content (AvgIpc) is 2.33. The zero-order valence-corrected chi connectivity index (χ0v) is 11.6. The Balaban J connectivity index is 2.48. The molecule has 106 valence electrons. The van der Waals surface area contributed by atoms with Gasteiger partial charge in [0.15, 0.2) is 0 Å². The Kier molecular flexibility index (Phi) is 6.43. The van der Waals surface area contributed by atoms with Gasteiger partial charge in [0.05, 0.1) is 0 Å². The van der Waals surface area contributed by atoms with Crippen LogP contribution >= 0.6 is 0 Å². The molecule has 1 rings (SSSR count). The zero-order valence-electron chi connectivity index (χ0n) is 11.6. The SMILES string of the molecule is CC(C)CNC1CC(CCCO)CN(C(N)=O)C1. The van der Waals surface area contributed by atoms with E-state index in [0.29, 0.717) is 24.4 Å². The number of carbonyl (C=O) groups excluding carboxylic acids is 1. The predicted molar refractivity (Wildman–Crippen MR) is 72.2 cm³/mol. The van der Waals surface area contributed by atoms with Crippen molar-refractivity contribution in [3.8, 4) is 0 Å². The van der Waals surface area contributed by atoms with Crippen LogP contribution in [0.2, 0.25) is 0 Å². The Bertz CT molecular complexity index is 259. The summed E-state index contributed by atoms with van der Waals surface area (Å²) in [6, 6.07) is -0.00242. The summed E-state index contributed by atoms with van der Waals surface area (Å²) in [5.74, 6) is 1.05. The van der Waals surface area contributed by atoms with Gasteiger partial charge in [0, 0.05) is 25.7 Å². The topological polar surface area (TPSA) is 78.6 Å². The Morgan fingerprint density at radius 1 is 1.50 bits per heavy atom. The smallest absolute Gasteiger partial charge is 0.314 e. The number of nitrogens with one attached hydrogen (secondary N) is 1. The van der Waals surface area contributed by atoms with Crippen molar-refractivity contribution in [1.29, 1.82) is 0 Å². The van der Waals surface area contributed by atoms with Crippen molar-refractivity contribution in [2.24, 2.45) is 17.6 Å². The number of aliphatic hydroxyl groups excluding tert-OH is 1. The summed E-state index contributed by atoms with van der Waals surface area (Å²) in [5.41, 5.74) is 5.39. The highest BCUT2D eigenvalue weighted by molar-refractivity contribution is 5.72. The van der Waals surface area contributed by atoms with Gasteiger partial charge < -0.3 is 21.1 Å². The largest absolute Gasteiger partial charge is 0.396 e. The minimum atomic E-state index is -0.333. The van der Waals surface area contributed by atoms with Crippen molar-refractivity contribution in [2.45, 2.75) is 39.2 Å². The highest BCUT2D eigenvalue weighted by Crippen LogP contribution is 2.21. The molecule has 5 heteroatoms. The van der Waals surface area contributed by atoms with Crippen LogP contribution in [0.4, 0.5) is 4.79 Å². The Morgan fingerprint density at radius 3 is 2.78 bits per heavy atom. The monoisotopic (exact) mass is 257 g/mol. The molecule has 1 heterocycles. The Morgan fingerprint density at radius 2 is 2.22 bits per heavy atom. The number of likely N-dealkylation sites (tertiary alicyclic amines) is 1. The molecule has 1 saturated heterocycles. The van der Waals surface area contributed by atoms with Gasteiger partial charge in [-0.3, -0.25) is 0 Å². The number of rotatable bonds is 6. The van der Waals surface area contributed by atoms with Crippen LogP contribution in [0.3, 0.4) is 0 Å². The number of aliphatic hydroxyl groups is 1. The molecule has 1 aliphatic heterocycles. The maximum atomic E-state index is 11.3. The molecule has 0 aromatic carbocycles. The molecule has 0 spiro atoms. The highest BCUT2D eigenvalue weighted by Gasteiger charge is 2.28. The molecule has 5 nitrogen and oxygen atoms in total. The minimum Gasteiger partial charge on any atom is -0.396 e. The molecule has 18 heavy (non-hydrogen) atoms. The molecule has 0 bridgehead atoms. The first kappa shape index (κ1) is 15.2. The quantitative estimate of drug-likeness (QED) is 0.658. The van der Waals surface area contributed by atoms with Crippen molar-refractivity contribution < 1.29 is 9.90 Å². The van der Waals surface area contributed by atoms with Crippen LogP contribution in [-0.2, 0) is 0 Å². The van der Waals surface area contributed by atoms with Crippen molar-refractivity contribution in [2.75, 3.05) is 26.2 Å². The molecule has 0 saturated carbocycles. The van der Waals surface area contributed by atoms with Crippen molar-refractivity contribution in [3.05, 3.63) is 0 Å². The van der Waals surface area contributed by atoms with E-state index in [0.717, 1.165) is 32.4 Å². The maximum absolute atomic E-state index is 11.3. The van der Waals surface area contributed by atoms with Crippen molar-refractivity contribution >= 4 is 6.03 Å². The lowest BCUT2D eigenvalue weighted by Gasteiger charge is -2.37. The molecular formula is C13H27N3O2.